The smallest absolute Gasteiger partial charge is 0.282 e. The lowest BCUT2D eigenvalue weighted by molar-refractivity contribution is 0.312. The summed E-state index contributed by atoms with van der Waals surface area (Å²) in [5.41, 5.74) is 11.1. The molecule has 2 aromatic carbocycles. The van der Waals surface area contributed by atoms with Crippen molar-refractivity contribution >= 4 is 43.9 Å². The fourth-order valence-corrected chi connectivity index (χ4v) is 3.42. The Hall–Kier alpha value is -2.34. The Bertz CT molecular complexity index is 954. The molecule has 0 fully saturated rings. The van der Waals surface area contributed by atoms with Crippen molar-refractivity contribution in [2.75, 3.05) is 13.2 Å². The van der Waals surface area contributed by atoms with Crippen LogP contribution < -0.4 is 11.5 Å². The molecule has 0 saturated heterocycles. The standard InChI is InChI=1S/2C9H7BrF2N2O/c2*10-7-5(11)2-1-4(8(7)12)6-3-15-9(13)14-6/h2*1-2,6H,3H2,(H2,13,14)/t2*6-/m11/s1. The lowest BCUT2D eigenvalue weighted by Crippen LogP contribution is -2.10. The molecule has 0 aliphatic carbocycles. The number of ether oxygens (including phenoxy) is 2. The van der Waals surface area contributed by atoms with Crippen molar-refractivity contribution in [2.24, 2.45) is 21.5 Å². The van der Waals surface area contributed by atoms with E-state index < -0.39 is 35.4 Å². The van der Waals surface area contributed by atoms with E-state index in [0.717, 1.165) is 0 Å². The van der Waals surface area contributed by atoms with Crippen LogP contribution in [0.5, 0.6) is 0 Å². The highest BCUT2D eigenvalue weighted by Gasteiger charge is 2.25. The minimum Gasteiger partial charge on any atom is -0.463 e. The van der Waals surface area contributed by atoms with E-state index in [9.17, 15) is 17.6 Å². The van der Waals surface area contributed by atoms with Crippen LogP contribution in [0.1, 0.15) is 23.2 Å². The Kier molecular flexibility index (Phi) is 6.86. The first kappa shape index (κ1) is 22.3. The van der Waals surface area contributed by atoms with Crippen LogP contribution in [-0.2, 0) is 9.47 Å². The van der Waals surface area contributed by atoms with Crippen LogP contribution in [0.25, 0.3) is 0 Å². The van der Waals surface area contributed by atoms with Gasteiger partial charge in [-0.2, -0.15) is 0 Å². The fraction of sp³-hybridized carbons (Fsp3) is 0.222. The summed E-state index contributed by atoms with van der Waals surface area (Å²) in [5, 5.41) is 0. The number of hydrogen-bond acceptors (Lipinski definition) is 6. The summed E-state index contributed by atoms with van der Waals surface area (Å²) in [5.74, 6) is -2.62. The van der Waals surface area contributed by atoms with Gasteiger partial charge in [-0.05, 0) is 44.0 Å². The van der Waals surface area contributed by atoms with Crippen molar-refractivity contribution in [2.45, 2.75) is 12.1 Å². The van der Waals surface area contributed by atoms with Gasteiger partial charge < -0.3 is 20.9 Å². The Balaban J connectivity index is 0.000000171. The number of nitrogens with zero attached hydrogens (tertiary/aromatic N) is 2. The minimum atomic E-state index is -0.665. The molecule has 0 aromatic heterocycles. The number of rotatable bonds is 2. The van der Waals surface area contributed by atoms with Gasteiger partial charge in [-0.3, -0.25) is 0 Å². The van der Waals surface area contributed by atoms with Crippen LogP contribution in [-0.4, -0.2) is 25.3 Å². The molecule has 4 rings (SSSR count). The first-order chi connectivity index (χ1) is 14.2. The first-order valence-electron chi connectivity index (χ1n) is 8.38. The average Bonchev–Trinajstić information content (AvgIpc) is 3.33. The highest BCUT2D eigenvalue weighted by molar-refractivity contribution is 9.10. The Morgan fingerprint density at radius 3 is 1.40 bits per heavy atom. The molecule has 160 valence electrons. The van der Waals surface area contributed by atoms with Crippen LogP contribution in [0.3, 0.4) is 0 Å². The van der Waals surface area contributed by atoms with Crippen LogP contribution in [0.2, 0.25) is 0 Å². The fourth-order valence-electron chi connectivity index (χ4n) is 2.70. The molecule has 2 atom stereocenters. The summed E-state index contributed by atoms with van der Waals surface area (Å²) in [4.78, 5) is 7.76. The van der Waals surface area contributed by atoms with Gasteiger partial charge in [0, 0.05) is 11.1 Å². The van der Waals surface area contributed by atoms with E-state index in [2.05, 4.69) is 41.8 Å². The predicted molar refractivity (Wildman–Crippen MR) is 109 cm³/mol. The van der Waals surface area contributed by atoms with Gasteiger partial charge in [0.2, 0.25) is 0 Å². The second-order valence-electron chi connectivity index (χ2n) is 6.12. The van der Waals surface area contributed by atoms with E-state index in [0.29, 0.717) is 0 Å². The monoisotopic (exact) mass is 552 g/mol. The zero-order valence-electron chi connectivity index (χ0n) is 15.0. The normalized spacial score (nSPS) is 19.9. The molecule has 2 aliphatic heterocycles. The number of hydrogen-bond donors (Lipinski definition) is 2. The van der Waals surface area contributed by atoms with Crippen molar-refractivity contribution in [3.8, 4) is 0 Å². The van der Waals surface area contributed by atoms with Gasteiger partial charge in [-0.25, -0.2) is 27.5 Å². The number of halogens is 6. The molecular formula is C18H14Br2F4N4O2. The topological polar surface area (TPSA) is 95.2 Å². The largest absolute Gasteiger partial charge is 0.463 e. The molecule has 2 aliphatic rings. The lowest BCUT2D eigenvalue weighted by atomic mass is 10.1. The van der Waals surface area contributed by atoms with Crippen LogP contribution in [0.4, 0.5) is 17.6 Å². The molecule has 12 heteroatoms. The molecule has 2 aromatic rings. The molecule has 6 nitrogen and oxygen atoms in total. The van der Waals surface area contributed by atoms with E-state index in [1.54, 1.807) is 0 Å². The third-order valence-corrected chi connectivity index (χ3v) is 5.65. The van der Waals surface area contributed by atoms with Crippen molar-refractivity contribution in [1.29, 1.82) is 0 Å². The molecule has 0 saturated carbocycles. The maximum absolute atomic E-state index is 13.6. The molecule has 0 amide bonds. The SMILES string of the molecule is NC1=N[C@@H](c2ccc(F)c(Br)c2F)CO1.NC1=N[C@@H](c2ccc(F)c(Br)c2F)CO1. The van der Waals surface area contributed by atoms with E-state index in [1.165, 1.54) is 24.3 Å². The molecule has 0 radical (unpaired) electrons. The van der Waals surface area contributed by atoms with E-state index in [-0.39, 0.29) is 45.3 Å². The quantitative estimate of drug-likeness (QED) is 0.430. The average molecular weight is 554 g/mol. The summed E-state index contributed by atoms with van der Waals surface area (Å²) in [6.07, 6.45) is 0. The van der Waals surface area contributed by atoms with Gasteiger partial charge >= 0.3 is 0 Å². The van der Waals surface area contributed by atoms with Gasteiger partial charge in [0.15, 0.2) is 0 Å². The van der Waals surface area contributed by atoms with Gasteiger partial charge in [0.25, 0.3) is 12.0 Å². The van der Waals surface area contributed by atoms with Gasteiger partial charge in [0.05, 0.1) is 8.95 Å². The van der Waals surface area contributed by atoms with Crippen molar-refractivity contribution < 1.29 is 27.0 Å². The molecule has 0 bridgehead atoms. The maximum atomic E-state index is 13.6. The van der Waals surface area contributed by atoms with Crippen molar-refractivity contribution in [3.63, 3.8) is 0 Å². The van der Waals surface area contributed by atoms with Crippen LogP contribution in [0, 0.1) is 23.3 Å². The molecule has 0 unspecified atom stereocenters. The van der Waals surface area contributed by atoms with E-state index in [1.807, 2.05) is 0 Å². The highest BCUT2D eigenvalue weighted by atomic mass is 79.9. The third kappa shape index (κ3) is 4.69. The maximum Gasteiger partial charge on any atom is 0.282 e. The Morgan fingerprint density at radius 2 is 1.10 bits per heavy atom. The number of aliphatic imine (C=N–C) groups is 2. The summed E-state index contributed by atoms with van der Waals surface area (Å²) in [7, 11) is 0. The summed E-state index contributed by atoms with van der Waals surface area (Å²) >= 11 is 5.64. The molecule has 2 heterocycles. The van der Waals surface area contributed by atoms with Crippen molar-refractivity contribution in [1.82, 2.24) is 0 Å². The second-order valence-corrected chi connectivity index (χ2v) is 7.70. The van der Waals surface area contributed by atoms with Crippen molar-refractivity contribution in [3.05, 3.63) is 67.6 Å². The third-order valence-electron chi connectivity index (χ3n) is 4.19. The Morgan fingerprint density at radius 1 is 0.733 bits per heavy atom. The predicted octanol–water partition coefficient (Wildman–Crippen LogP) is 4.23. The zero-order chi connectivity index (χ0) is 22.0. The lowest BCUT2D eigenvalue weighted by Gasteiger charge is -2.08. The van der Waals surface area contributed by atoms with E-state index in [4.69, 9.17) is 20.9 Å². The summed E-state index contributed by atoms with van der Waals surface area (Å²) in [6.45, 7) is 0.363. The minimum absolute atomic E-state index is 0.0276. The zero-order valence-corrected chi connectivity index (χ0v) is 18.2. The summed E-state index contributed by atoms with van der Waals surface area (Å²) < 4.78 is 62.5. The van der Waals surface area contributed by atoms with Gasteiger partial charge in [-0.15, -0.1) is 0 Å². The van der Waals surface area contributed by atoms with Crippen LogP contribution in [0.15, 0.2) is 43.2 Å². The Labute approximate surface area is 185 Å². The van der Waals surface area contributed by atoms with Gasteiger partial charge in [0.1, 0.15) is 48.6 Å². The first-order valence-corrected chi connectivity index (χ1v) is 9.96. The summed E-state index contributed by atoms with van der Waals surface area (Å²) in [6, 6.07) is 4.08. The highest BCUT2D eigenvalue weighted by Crippen LogP contribution is 2.31. The molecule has 4 N–H and O–H groups in total. The van der Waals surface area contributed by atoms with Gasteiger partial charge in [-0.1, -0.05) is 12.1 Å². The number of nitrogens with two attached hydrogens (primary N) is 2. The van der Waals surface area contributed by atoms with Crippen LogP contribution >= 0.6 is 31.9 Å². The second kappa shape index (κ2) is 9.21. The molecule has 0 spiro atoms. The molecular weight excluding hydrogens is 540 g/mol. The van der Waals surface area contributed by atoms with E-state index >= 15 is 0 Å². The number of benzene rings is 2. The number of amidine groups is 2. The molecule has 30 heavy (non-hydrogen) atoms.